The Morgan fingerprint density at radius 2 is 1.95 bits per heavy atom. The van der Waals surface area contributed by atoms with Crippen molar-refractivity contribution in [2.24, 2.45) is 0 Å². The van der Waals surface area contributed by atoms with Gasteiger partial charge < -0.3 is 9.73 Å². The van der Waals surface area contributed by atoms with Gasteiger partial charge in [0.15, 0.2) is 5.76 Å². The summed E-state index contributed by atoms with van der Waals surface area (Å²) in [6.07, 6.45) is 0. The molecule has 0 aromatic carbocycles. The van der Waals surface area contributed by atoms with Gasteiger partial charge in [-0.15, -0.1) is 0 Å². The van der Waals surface area contributed by atoms with Gasteiger partial charge in [-0.05, 0) is 39.2 Å². The minimum atomic E-state index is -3.67. The number of nitrogens with zero attached hydrogens (tertiary/aromatic N) is 1. The summed E-state index contributed by atoms with van der Waals surface area (Å²) < 4.78 is 30.3. The standard InChI is InChI=1S/C13H23N3O4S/c1-5-16(6-2)10(3)9-15-13(17)11-7-8-12(20-11)21(18,19)14-4/h7-8,10,14H,5-6,9H2,1-4H3,(H,15,17). The van der Waals surface area contributed by atoms with Crippen molar-refractivity contribution in [3.63, 3.8) is 0 Å². The molecule has 1 heterocycles. The molecule has 8 heteroatoms. The van der Waals surface area contributed by atoms with Crippen molar-refractivity contribution in [3.8, 4) is 0 Å². The van der Waals surface area contributed by atoms with E-state index in [2.05, 4.69) is 28.8 Å². The molecule has 21 heavy (non-hydrogen) atoms. The maximum absolute atomic E-state index is 11.9. The van der Waals surface area contributed by atoms with Crippen LogP contribution < -0.4 is 10.0 Å². The third-order valence-corrected chi connectivity index (χ3v) is 4.62. The van der Waals surface area contributed by atoms with E-state index in [0.717, 1.165) is 13.1 Å². The predicted octanol–water partition coefficient (Wildman–Crippen LogP) is 0.648. The highest BCUT2D eigenvalue weighted by molar-refractivity contribution is 7.89. The SMILES string of the molecule is CCN(CC)C(C)CNC(=O)c1ccc(S(=O)(=O)NC)o1. The van der Waals surface area contributed by atoms with Crippen LogP contribution in [0.1, 0.15) is 31.3 Å². The second kappa shape index (κ2) is 7.58. The first-order valence-electron chi connectivity index (χ1n) is 6.91. The minimum Gasteiger partial charge on any atom is -0.438 e. The summed E-state index contributed by atoms with van der Waals surface area (Å²) in [6.45, 7) is 8.41. The molecule has 1 rings (SSSR count). The highest BCUT2D eigenvalue weighted by atomic mass is 32.2. The summed E-state index contributed by atoms with van der Waals surface area (Å²) in [4.78, 5) is 14.1. The summed E-state index contributed by atoms with van der Waals surface area (Å²) in [6, 6.07) is 2.80. The van der Waals surface area contributed by atoms with Crippen LogP contribution in [0.3, 0.4) is 0 Å². The smallest absolute Gasteiger partial charge is 0.287 e. The number of likely N-dealkylation sites (N-methyl/N-ethyl adjacent to an activating group) is 1. The Balaban J connectivity index is 2.65. The molecule has 1 aromatic heterocycles. The van der Waals surface area contributed by atoms with Gasteiger partial charge >= 0.3 is 0 Å². The Bertz CT molecular complexity index is 564. The van der Waals surface area contributed by atoms with Gasteiger partial charge in [0, 0.05) is 12.6 Å². The van der Waals surface area contributed by atoms with Crippen LogP contribution in [-0.2, 0) is 10.0 Å². The first-order chi connectivity index (χ1) is 9.85. The number of nitrogens with one attached hydrogen (secondary N) is 2. The number of furan rings is 1. The lowest BCUT2D eigenvalue weighted by Crippen LogP contribution is -2.41. The average Bonchev–Trinajstić information content (AvgIpc) is 2.96. The number of amides is 1. The highest BCUT2D eigenvalue weighted by Crippen LogP contribution is 2.13. The fraction of sp³-hybridized carbons (Fsp3) is 0.615. The van der Waals surface area contributed by atoms with E-state index in [1.165, 1.54) is 19.2 Å². The van der Waals surface area contributed by atoms with E-state index in [0.29, 0.717) is 6.54 Å². The summed E-state index contributed by atoms with van der Waals surface area (Å²) in [5, 5.41) is 2.47. The predicted molar refractivity (Wildman–Crippen MR) is 79.7 cm³/mol. The van der Waals surface area contributed by atoms with E-state index >= 15 is 0 Å². The van der Waals surface area contributed by atoms with Crippen LogP contribution in [0.4, 0.5) is 0 Å². The van der Waals surface area contributed by atoms with Crippen LogP contribution in [-0.4, -0.2) is 51.9 Å². The highest BCUT2D eigenvalue weighted by Gasteiger charge is 2.20. The zero-order chi connectivity index (χ0) is 16.0. The fourth-order valence-electron chi connectivity index (χ4n) is 1.99. The molecule has 120 valence electrons. The van der Waals surface area contributed by atoms with Crippen LogP contribution in [0.25, 0.3) is 0 Å². The van der Waals surface area contributed by atoms with Gasteiger partial charge in [0.25, 0.3) is 15.9 Å². The molecule has 0 aliphatic carbocycles. The molecule has 1 aromatic rings. The molecule has 0 bridgehead atoms. The van der Waals surface area contributed by atoms with Gasteiger partial charge in [-0.3, -0.25) is 9.69 Å². The molecule has 1 atom stereocenters. The third-order valence-electron chi connectivity index (χ3n) is 3.33. The fourth-order valence-corrected chi connectivity index (χ4v) is 2.64. The number of carbonyl (C=O) groups is 1. The van der Waals surface area contributed by atoms with Crippen molar-refractivity contribution in [2.75, 3.05) is 26.7 Å². The second-order valence-electron chi connectivity index (χ2n) is 4.61. The number of hydrogen-bond donors (Lipinski definition) is 2. The van der Waals surface area contributed by atoms with Gasteiger partial charge in [0.2, 0.25) is 5.09 Å². The molecular formula is C13H23N3O4S. The molecule has 0 saturated carbocycles. The molecule has 0 aliphatic rings. The van der Waals surface area contributed by atoms with E-state index < -0.39 is 15.9 Å². The van der Waals surface area contributed by atoms with Crippen LogP contribution in [0.5, 0.6) is 0 Å². The van der Waals surface area contributed by atoms with Gasteiger partial charge in [-0.1, -0.05) is 13.8 Å². The third kappa shape index (κ3) is 4.55. The Morgan fingerprint density at radius 1 is 1.33 bits per heavy atom. The van der Waals surface area contributed by atoms with E-state index in [1.807, 2.05) is 6.92 Å². The summed E-state index contributed by atoms with van der Waals surface area (Å²) in [7, 11) is -2.39. The first kappa shape index (κ1) is 17.7. The molecule has 0 saturated heterocycles. The van der Waals surface area contributed by atoms with E-state index in [9.17, 15) is 13.2 Å². The minimum absolute atomic E-state index is 0.0180. The number of hydrogen-bond acceptors (Lipinski definition) is 5. The normalized spacial score (nSPS) is 13.4. The van der Waals surface area contributed by atoms with Crippen molar-refractivity contribution < 1.29 is 17.6 Å². The second-order valence-corrected chi connectivity index (χ2v) is 6.42. The lowest BCUT2D eigenvalue weighted by molar-refractivity contribution is 0.0905. The lowest BCUT2D eigenvalue weighted by Gasteiger charge is -2.26. The molecule has 0 fully saturated rings. The van der Waals surface area contributed by atoms with Crippen molar-refractivity contribution >= 4 is 15.9 Å². The topological polar surface area (TPSA) is 91.7 Å². The largest absolute Gasteiger partial charge is 0.438 e. The van der Waals surface area contributed by atoms with Gasteiger partial charge in [-0.2, -0.15) is 0 Å². The quantitative estimate of drug-likeness (QED) is 0.734. The summed E-state index contributed by atoms with van der Waals surface area (Å²) in [5.74, 6) is -0.442. The van der Waals surface area contributed by atoms with Crippen molar-refractivity contribution in [1.82, 2.24) is 14.9 Å². The maximum atomic E-state index is 11.9. The lowest BCUT2D eigenvalue weighted by atomic mass is 10.2. The van der Waals surface area contributed by atoms with E-state index in [1.54, 1.807) is 0 Å². The molecule has 2 N–H and O–H groups in total. The zero-order valence-corrected chi connectivity index (χ0v) is 13.7. The molecule has 0 aliphatic heterocycles. The Labute approximate surface area is 125 Å². The van der Waals surface area contributed by atoms with Crippen LogP contribution >= 0.6 is 0 Å². The number of carbonyl (C=O) groups excluding carboxylic acids is 1. The summed E-state index contributed by atoms with van der Waals surface area (Å²) >= 11 is 0. The Morgan fingerprint density at radius 3 is 2.48 bits per heavy atom. The van der Waals surface area contributed by atoms with Crippen LogP contribution in [0.2, 0.25) is 0 Å². The van der Waals surface area contributed by atoms with Gasteiger partial charge in [0.05, 0.1) is 0 Å². The number of sulfonamides is 1. The van der Waals surface area contributed by atoms with Gasteiger partial charge in [-0.25, -0.2) is 13.1 Å². The monoisotopic (exact) mass is 317 g/mol. The van der Waals surface area contributed by atoms with Crippen molar-refractivity contribution in [1.29, 1.82) is 0 Å². The zero-order valence-electron chi connectivity index (χ0n) is 12.8. The number of rotatable bonds is 8. The average molecular weight is 317 g/mol. The molecule has 0 spiro atoms. The van der Waals surface area contributed by atoms with Gasteiger partial charge in [0.1, 0.15) is 0 Å². The van der Waals surface area contributed by atoms with E-state index in [-0.39, 0.29) is 16.9 Å². The molecular weight excluding hydrogens is 294 g/mol. The molecule has 1 unspecified atom stereocenters. The van der Waals surface area contributed by atoms with Crippen molar-refractivity contribution in [2.45, 2.75) is 31.9 Å². The Kier molecular flexibility index (Phi) is 6.38. The van der Waals surface area contributed by atoms with Crippen molar-refractivity contribution in [3.05, 3.63) is 17.9 Å². The molecule has 7 nitrogen and oxygen atoms in total. The molecule has 0 radical (unpaired) electrons. The van der Waals surface area contributed by atoms with E-state index in [4.69, 9.17) is 4.42 Å². The maximum Gasteiger partial charge on any atom is 0.287 e. The van der Waals surface area contributed by atoms with Crippen LogP contribution in [0.15, 0.2) is 21.6 Å². The van der Waals surface area contributed by atoms with Crippen LogP contribution in [0, 0.1) is 0 Å². The molecule has 1 amide bonds. The first-order valence-corrected chi connectivity index (χ1v) is 8.39. The summed E-state index contributed by atoms with van der Waals surface area (Å²) in [5.41, 5.74) is 0. The Hall–Kier alpha value is -1.38.